The van der Waals surface area contributed by atoms with Gasteiger partial charge in [-0.3, -0.25) is 14.4 Å². The minimum Gasteiger partial charge on any atom is -0.307 e. The third-order valence-electron chi connectivity index (χ3n) is 5.50. The van der Waals surface area contributed by atoms with Gasteiger partial charge in [0.2, 0.25) is 0 Å². The van der Waals surface area contributed by atoms with E-state index in [0.29, 0.717) is 11.7 Å². The second-order valence-corrected chi connectivity index (χ2v) is 7.58. The first-order valence-corrected chi connectivity index (χ1v) is 10.1. The van der Waals surface area contributed by atoms with Gasteiger partial charge in [0.1, 0.15) is 5.82 Å². The van der Waals surface area contributed by atoms with Crippen molar-refractivity contribution < 1.29 is 0 Å². The summed E-state index contributed by atoms with van der Waals surface area (Å²) in [6, 6.07) is 11.9. The standard InChI is InChI=1S/C22H27N5O/c1-2-20-14-21(28)25-22(24-20)19-6-4-17(5-7-19)15-26-12-8-18(9-13-26)16-27-11-3-10-23-27/h3-7,10-11,14,18H,2,8-9,12-13,15-16H2,1H3,(H,24,25,28). The summed E-state index contributed by atoms with van der Waals surface area (Å²) in [6.07, 6.45) is 7.08. The first-order chi connectivity index (χ1) is 13.7. The van der Waals surface area contributed by atoms with E-state index >= 15 is 0 Å². The number of aryl methyl sites for hydroxylation is 1. The van der Waals surface area contributed by atoms with E-state index in [4.69, 9.17) is 0 Å². The maximum Gasteiger partial charge on any atom is 0.251 e. The summed E-state index contributed by atoms with van der Waals surface area (Å²) in [4.78, 5) is 21.7. The second kappa shape index (κ2) is 8.52. The van der Waals surface area contributed by atoms with Crippen LogP contribution in [0.25, 0.3) is 11.4 Å². The molecule has 1 fully saturated rings. The Kier molecular flexibility index (Phi) is 5.67. The minimum atomic E-state index is -0.0936. The van der Waals surface area contributed by atoms with Crippen LogP contribution in [0.2, 0.25) is 0 Å². The van der Waals surface area contributed by atoms with E-state index in [2.05, 4.69) is 44.2 Å². The Bertz CT molecular complexity index is 938. The number of hydrogen-bond donors (Lipinski definition) is 1. The van der Waals surface area contributed by atoms with Gasteiger partial charge in [-0.25, -0.2) is 4.98 Å². The monoisotopic (exact) mass is 377 g/mol. The highest BCUT2D eigenvalue weighted by Gasteiger charge is 2.19. The average molecular weight is 377 g/mol. The molecule has 146 valence electrons. The smallest absolute Gasteiger partial charge is 0.251 e. The highest BCUT2D eigenvalue weighted by atomic mass is 16.1. The van der Waals surface area contributed by atoms with Crippen molar-refractivity contribution in [3.8, 4) is 11.4 Å². The minimum absolute atomic E-state index is 0.0936. The molecule has 0 saturated carbocycles. The molecule has 0 atom stereocenters. The van der Waals surface area contributed by atoms with Crippen LogP contribution in [-0.4, -0.2) is 37.7 Å². The molecule has 0 radical (unpaired) electrons. The van der Waals surface area contributed by atoms with Crippen LogP contribution in [0.3, 0.4) is 0 Å². The highest BCUT2D eigenvalue weighted by Crippen LogP contribution is 2.21. The maximum absolute atomic E-state index is 11.8. The molecule has 0 aliphatic carbocycles. The Morgan fingerprint density at radius 2 is 1.96 bits per heavy atom. The molecule has 1 N–H and O–H groups in total. The number of hydrogen-bond acceptors (Lipinski definition) is 4. The van der Waals surface area contributed by atoms with Crippen molar-refractivity contribution in [2.24, 2.45) is 5.92 Å². The summed E-state index contributed by atoms with van der Waals surface area (Å²) < 4.78 is 2.05. The Balaban J connectivity index is 1.34. The van der Waals surface area contributed by atoms with E-state index in [9.17, 15) is 4.79 Å². The molecule has 1 aromatic carbocycles. The summed E-state index contributed by atoms with van der Waals surface area (Å²) in [7, 11) is 0. The topological polar surface area (TPSA) is 66.8 Å². The van der Waals surface area contributed by atoms with Gasteiger partial charge < -0.3 is 4.98 Å². The number of benzene rings is 1. The normalized spacial score (nSPS) is 15.8. The molecule has 0 bridgehead atoms. The van der Waals surface area contributed by atoms with Gasteiger partial charge in [0.15, 0.2) is 0 Å². The van der Waals surface area contributed by atoms with Crippen molar-refractivity contribution >= 4 is 0 Å². The lowest BCUT2D eigenvalue weighted by molar-refractivity contribution is 0.164. The van der Waals surface area contributed by atoms with Crippen LogP contribution in [0.15, 0.2) is 53.6 Å². The molecule has 6 nitrogen and oxygen atoms in total. The van der Waals surface area contributed by atoms with E-state index in [0.717, 1.165) is 43.9 Å². The Morgan fingerprint density at radius 1 is 1.18 bits per heavy atom. The molecule has 0 spiro atoms. The van der Waals surface area contributed by atoms with Crippen LogP contribution < -0.4 is 5.56 Å². The molecule has 1 aliphatic rings. The van der Waals surface area contributed by atoms with Crippen LogP contribution in [0.1, 0.15) is 31.0 Å². The number of likely N-dealkylation sites (tertiary alicyclic amines) is 1. The molecule has 2 aromatic heterocycles. The third kappa shape index (κ3) is 4.57. The van der Waals surface area contributed by atoms with Crippen molar-refractivity contribution in [2.45, 2.75) is 39.3 Å². The summed E-state index contributed by atoms with van der Waals surface area (Å²) in [6.45, 7) is 6.25. The summed E-state index contributed by atoms with van der Waals surface area (Å²) >= 11 is 0. The average Bonchev–Trinajstić information content (AvgIpc) is 3.22. The highest BCUT2D eigenvalue weighted by molar-refractivity contribution is 5.55. The predicted octanol–water partition coefficient (Wildman–Crippen LogP) is 3.11. The fourth-order valence-electron chi connectivity index (χ4n) is 3.85. The van der Waals surface area contributed by atoms with Crippen molar-refractivity contribution in [1.29, 1.82) is 0 Å². The Hall–Kier alpha value is -2.73. The van der Waals surface area contributed by atoms with Crippen LogP contribution in [0.4, 0.5) is 0 Å². The van der Waals surface area contributed by atoms with Crippen LogP contribution in [0, 0.1) is 5.92 Å². The molecule has 1 saturated heterocycles. The predicted molar refractivity (Wildman–Crippen MR) is 110 cm³/mol. The molecular weight excluding hydrogens is 350 g/mol. The number of aromatic nitrogens is 4. The fourth-order valence-corrected chi connectivity index (χ4v) is 3.85. The number of piperidine rings is 1. The van der Waals surface area contributed by atoms with Crippen molar-refractivity contribution in [1.82, 2.24) is 24.6 Å². The van der Waals surface area contributed by atoms with E-state index in [1.807, 2.05) is 30.1 Å². The number of aromatic amines is 1. The van der Waals surface area contributed by atoms with E-state index in [1.54, 1.807) is 6.07 Å². The third-order valence-corrected chi connectivity index (χ3v) is 5.50. The van der Waals surface area contributed by atoms with E-state index < -0.39 is 0 Å². The van der Waals surface area contributed by atoms with Crippen LogP contribution in [0.5, 0.6) is 0 Å². The first-order valence-electron chi connectivity index (χ1n) is 10.1. The molecule has 6 heteroatoms. The largest absolute Gasteiger partial charge is 0.307 e. The summed E-state index contributed by atoms with van der Waals surface area (Å²) in [5, 5.41) is 4.32. The van der Waals surface area contributed by atoms with Gasteiger partial charge in [-0.2, -0.15) is 5.10 Å². The molecular formula is C22H27N5O. The lowest BCUT2D eigenvalue weighted by Gasteiger charge is -2.32. The lowest BCUT2D eigenvalue weighted by atomic mass is 9.96. The van der Waals surface area contributed by atoms with Crippen molar-refractivity contribution in [3.05, 3.63) is 70.4 Å². The van der Waals surface area contributed by atoms with Gasteiger partial charge in [0.05, 0.1) is 0 Å². The number of nitrogens with one attached hydrogen (secondary N) is 1. The maximum atomic E-state index is 11.8. The van der Waals surface area contributed by atoms with Gasteiger partial charge in [-0.05, 0) is 49.9 Å². The Morgan fingerprint density at radius 3 is 2.64 bits per heavy atom. The number of nitrogens with zero attached hydrogens (tertiary/aromatic N) is 4. The number of rotatable bonds is 6. The summed E-state index contributed by atoms with van der Waals surface area (Å²) in [5.41, 5.74) is 2.97. The zero-order chi connectivity index (χ0) is 19.3. The first kappa shape index (κ1) is 18.6. The van der Waals surface area contributed by atoms with Crippen molar-refractivity contribution in [2.75, 3.05) is 13.1 Å². The lowest BCUT2D eigenvalue weighted by Crippen LogP contribution is -2.34. The summed E-state index contributed by atoms with van der Waals surface area (Å²) in [5.74, 6) is 1.36. The fraction of sp³-hybridized carbons (Fsp3) is 0.409. The zero-order valence-electron chi connectivity index (χ0n) is 16.3. The van der Waals surface area contributed by atoms with Gasteiger partial charge in [-0.15, -0.1) is 0 Å². The molecule has 3 heterocycles. The Labute approximate surface area is 165 Å². The molecule has 0 unspecified atom stereocenters. The quantitative estimate of drug-likeness (QED) is 0.717. The van der Waals surface area contributed by atoms with Gasteiger partial charge in [0, 0.05) is 42.8 Å². The molecule has 1 aliphatic heterocycles. The molecule has 0 amide bonds. The van der Waals surface area contributed by atoms with Crippen molar-refractivity contribution in [3.63, 3.8) is 0 Å². The van der Waals surface area contributed by atoms with Gasteiger partial charge in [0.25, 0.3) is 5.56 Å². The molecule has 3 aromatic rings. The van der Waals surface area contributed by atoms with Crippen LogP contribution >= 0.6 is 0 Å². The van der Waals surface area contributed by atoms with E-state index in [1.165, 1.54) is 18.4 Å². The zero-order valence-corrected chi connectivity index (χ0v) is 16.3. The van der Waals surface area contributed by atoms with E-state index in [-0.39, 0.29) is 5.56 Å². The molecule has 4 rings (SSSR count). The second-order valence-electron chi connectivity index (χ2n) is 7.58. The molecule has 28 heavy (non-hydrogen) atoms. The van der Waals surface area contributed by atoms with Crippen LogP contribution in [-0.2, 0) is 19.5 Å². The van der Waals surface area contributed by atoms with Gasteiger partial charge >= 0.3 is 0 Å². The number of H-pyrrole nitrogens is 1. The SMILES string of the molecule is CCc1cc(=O)[nH]c(-c2ccc(CN3CCC(Cn4cccn4)CC3)cc2)n1. The van der Waals surface area contributed by atoms with Gasteiger partial charge in [-0.1, -0.05) is 31.2 Å².